The molecule has 0 aliphatic rings. The molecule has 1 N–H and O–H groups in total. The van der Waals surface area contributed by atoms with Gasteiger partial charge in [-0.15, -0.1) is 0 Å². The number of unbranched alkanes of at least 4 members (excludes halogenated alkanes) is 6. The summed E-state index contributed by atoms with van der Waals surface area (Å²) in [5.41, 5.74) is 0. The minimum atomic E-state index is -0.663. The van der Waals surface area contributed by atoms with Crippen molar-refractivity contribution in [1.82, 2.24) is 0 Å². The number of hydrogen-bond acceptors (Lipinski definition) is 4. The van der Waals surface area contributed by atoms with Crippen molar-refractivity contribution in [2.75, 3.05) is 13.7 Å². The lowest BCUT2D eigenvalue weighted by molar-refractivity contribution is -0.140. The Kier molecular flexibility index (Phi) is 9.03. The number of methoxy groups -OCH3 is 1. The lowest BCUT2D eigenvalue weighted by Gasteiger charge is -2.06. The molecule has 0 unspecified atom stereocenters. The summed E-state index contributed by atoms with van der Waals surface area (Å²) in [6, 6.07) is 4.04. The maximum absolute atomic E-state index is 13.1. The number of ether oxygens (including phenoxy) is 2. The Morgan fingerprint density at radius 3 is 2.36 bits per heavy atom. The van der Waals surface area contributed by atoms with Crippen LogP contribution in [-0.4, -0.2) is 24.8 Å². The molecule has 0 saturated heterocycles. The zero-order valence-corrected chi connectivity index (χ0v) is 13.1. The smallest absolute Gasteiger partial charge is 0.305 e. The summed E-state index contributed by atoms with van der Waals surface area (Å²) in [6.07, 6.45) is 7.85. The first-order valence-corrected chi connectivity index (χ1v) is 7.81. The van der Waals surface area contributed by atoms with E-state index in [9.17, 15) is 9.18 Å². The van der Waals surface area contributed by atoms with Gasteiger partial charge in [0.2, 0.25) is 0 Å². The zero-order valence-electron chi connectivity index (χ0n) is 13.1. The maximum Gasteiger partial charge on any atom is 0.305 e. The van der Waals surface area contributed by atoms with Crippen molar-refractivity contribution in [1.29, 1.82) is 0 Å². The molecule has 1 aromatic carbocycles. The van der Waals surface area contributed by atoms with E-state index in [1.165, 1.54) is 19.2 Å². The molecule has 124 valence electrons. The number of halogens is 1. The molecule has 0 spiro atoms. The van der Waals surface area contributed by atoms with E-state index >= 15 is 0 Å². The first-order valence-electron chi connectivity index (χ1n) is 7.81. The molecule has 0 atom stereocenters. The Labute approximate surface area is 131 Å². The van der Waals surface area contributed by atoms with Gasteiger partial charge in [-0.25, -0.2) is 4.39 Å². The van der Waals surface area contributed by atoms with Gasteiger partial charge in [0.25, 0.3) is 0 Å². The number of phenols is 1. The highest BCUT2D eigenvalue weighted by atomic mass is 19.1. The van der Waals surface area contributed by atoms with E-state index in [4.69, 9.17) is 9.84 Å². The first-order chi connectivity index (χ1) is 10.6. The van der Waals surface area contributed by atoms with Crippen LogP contribution in [-0.2, 0) is 9.53 Å². The second-order valence-corrected chi connectivity index (χ2v) is 5.26. The van der Waals surface area contributed by atoms with Crippen LogP contribution in [0.3, 0.4) is 0 Å². The standard InChI is InChI=1S/C17H25FO4/c1-21-17(20)9-7-5-3-2-4-6-8-12-22-14-10-11-16(19)15(18)13-14/h10-11,13,19H,2-9,12H2,1H3. The van der Waals surface area contributed by atoms with Crippen LogP contribution in [0.25, 0.3) is 0 Å². The highest BCUT2D eigenvalue weighted by Gasteiger charge is 2.02. The molecular weight excluding hydrogens is 287 g/mol. The normalized spacial score (nSPS) is 10.5. The van der Waals surface area contributed by atoms with Gasteiger partial charge in [0, 0.05) is 12.5 Å². The lowest BCUT2D eigenvalue weighted by Crippen LogP contribution is -1.99. The van der Waals surface area contributed by atoms with Crippen LogP contribution in [0, 0.1) is 5.82 Å². The van der Waals surface area contributed by atoms with Gasteiger partial charge in [-0.3, -0.25) is 4.79 Å². The number of hydrogen-bond donors (Lipinski definition) is 1. The molecule has 0 radical (unpaired) electrons. The average molecular weight is 312 g/mol. The molecule has 0 aliphatic heterocycles. The Hall–Kier alpha value is -1.78. The summed E-state index contributed by atoms with van der Waals surface area (Å²) in [6.45, 7) is 0.548. The monoisotopic (exact) mass is 312 g/mol. The quantitative estimate of drug-likeness (QED) is 0.491. The van der Waals surface area contributed by atoms with Gasteiger partial charge in [-0.1, -0.05) is 32.1 Å². The Morgan fingerprint density at radius 1 is 1.09 bits per heavy atom. The van der Waals surface area contributed by atoms with E-state index in [2.05, 4.69) is 4.74 Å². The number of aromatic hydroxyl groups is 1. The van der Waals surface area contributed by atoms with Gasteiger partial charge in [-0.05, 0) is 25.0 Å². The minimum absolute atomic E-state index is 0.136. The fourth-order valence-corrected chi connectivity index (χ4v) is 2.12. The SMILES string of the molecule is COC(=O)CCCCCCCCCOc1ccc(O)c(F)c1. The summed E-state index contributed by atoms with van der Waals surface area (Å²) in [4.78, 5) is 10.9. The zero-order chi connectivity index (χ0) is 16.2. The second-order valence-electron chi connectivity index (χ2n) is 5.26. The van der Waals surface area contributed by atoms with Crippen LogP contribution in [0.2, 0.25) is 0 Å². The van der Waals surface area contributed by atoms with E-state index in [0.29, 0.717) is 18.8 Å². The highest BCUT2D eigenvalue weighted by molar-refractivity contribution is 5.68. The predicted octanol–water partition coefficient (Wildman–Crippen LogP) is 4.20. The van der Waals surface area contributed by atoms with Crippen molar-refractivity contribution in [2.24, 2.45) is 0 Å². The number of carbonyl (C=O) groups is 1. The van der Waals surface area contributed by atoms with Gasteiger partial charge in [0.1, 0.15) is 5.75 Å². The Morgan fingerprint density at radius 2 is 1.73 bits per heavy atom. The average Bonchev–Trinajstić information content (AvgIpc) is 2.52. The second kappa shape index (κ2) is 10.9. The number of carbonyl (C=O) groups excluding carboxylic acids is 1. The summed E-state index contributed by atoms with van der Waals surface area (Å²) in [5.74, 6) is -0.718. The van der Waals surface area contributed by atoms with E-state index in [1.807, 2.05) is 0 Å². The molecule has 0 aliphatic carbocycles. The van der Waals surface area contributed by atoms with Crippen LogP contribution in [0.1, 0.15) is 51.4 Å². The lowest BCUT2D eigenvalue weighted by atomic mass is 10.1. The van der Waals surface area contributed by atoms with Gasteiger partial charge in [0.15, 0.2) is 11.6 Å². The van der Waals surface area contributed by atoms with Crippen molar-refractivity contribution < 1.29 is 23.8 Å². The fraction of sp³-hybridized carbons (Fsp3) is 0.588. The molecular formula is C17H25FO4. The van der Waals surface area contributed by atoms with Crippen LogP contribution in [0.5, 0.6) is 11.5 Å². The largest absolute Gasteiger partial charge is 0.505 e. The van der Waals surface area contributed by atoms with Gasteiger partial charge in [-0.2, -0.15) is 0 Å². The predicted molar refractivity (Wildman–Crippen MR) is 82.5 cm³/mol. The highest BCUT2D eigenvalue weighted by Crippen LogP contribution is 2.21. The Bertz CT molecular complexity index is 448. The molecule has 1 rings (SSSR count). The molecule has 0 bridgehead atoms. The number of rotatable bonds is 11. The summed E-state index contributed by atoms with van der Waals surface area (Å²) in [5, 5.41) is 9.06. The number of esters is 1. The van der Waals surface area contributed by atoms with Crippen molar-refractivity contribution in [3.63, 3.8) is 0 Å². The number of benzene rings is 1. The molecule has 0 aromatic heterocycles. The molecule has 5 heteroatoms. The van der Waals surface area contributed by atoms with E-state index in [-0.39, 0.29) is 11.7 Å². The third-order valence-corrected chi connectivity index (χ3v) is 3.44. The summed E-state index contributed by atoms with van der Waals surface area (Å²) < 4.78 is 23.1. The third-order valence-electron chi connectivity index (χ3n) is 3.44. The molecule has 0 fully saturated rings. The molecule has 0 saturated carbocycles. The van der Waals surface area contributed by atoms with Gasteiger partial charge < -0.3 is 14.6 Å². The van der Waals surface area contributed by atoms with Crippen molar-refractivity contribution in [2.45, 2.75) is 51.4 Å². The van der Waals surface area contributed by atoms with Crippen LogP contribution in [0.4, 0.5) is 4.39 Å². The molecule has 22 heavy (non-hydrogen) atoms. The van der Waals surface area contributed by atoms with Crippen LogP contribution >= 0.6 is 0 Å². The van der Waals surface area contributed by atoms with Gasteiger partial charge >= 0.3 is 5.97 Å². The summed E-state index contributed by atoms with van der Waals surface area (Å²) in [7, 11) is 1.41. The molecule has 0 amide bonds. The fourth-order valence-electron chi connectivity index (χ4n) is 2.12. The van der Waals surface area contributed by atoms with Crippen molar-refractivity contribution in [3.05, 3.63) is 24.0 Å². The van der Waals surface area contributed by atoms with E-state index in [1.54, 1.807) is 6.07 Å². The van der Waals surface area contributed by atoms with Gasteiger partial charge in [0.05, 0.1) is 13.7 Å². The van der Waals surface area contributed by atoms with Crippen LogP contribution < -0.4 is 4.74 Å². The van der Waals surface area contributed by atoms with E-state index in [0.717, 1.165) is 44.9 Å². The maximum atomic E-state index is 13.1. The topological polar surface area (TPSA) is 55.8 Å². The van der Waals surface area contributed by atoms with E-state index < -0.39 is 5.82 Å². The molecule has 1 aromatic rings. The first kappa shape index (κ1) is 18.3. The molecule has 0 heterocycles. The van der Waals surface area contributed by atoms with Crippen molar-refractivity contribution >= 4 is 5.97 Å². The van der Waals surface area contributed by atoms with Crippen LogP contribution in [0.15, 0.2) is 18.2 Å². The minimum Gasteiger partial charge on any atom is -0.505 e. The Balaban J connectivity index is 1.93. The van der Waals surface area contributed by atoms with Crippen molar-refractivity contribution in [3.8, 4) is 11.5 Å². The number of phenolic OH excluding ortho intramolecular Hbond substituents is 1. The molecule has 4 nitrogen and oxygen atoms in total. The summed E-state index contributed by atoms with van der Waals surface area (Å²) >= 11 is 0. The third kappa shape index (κ3) is 7.86.